The summed E-state index contributed by atoms with van der Waals surface area (Å²) in [6, 6.07) is 61.4. The molecule has 0 amide bonds. The van der Waals surface area contributed by atoms with Crippen molar-refractivity contribution in [2.75, 3.05) is 0 Å². The molecule has 0 radical (unpaired) electrons. The third kappa shape index (κ3) is 4.94. The summed E-state index contributed by atoms with van der Waals surface area (Å²) in [5.74, 6) is 1.92. The molecule has 11 aromatic rings. The molecule has 3 aromatic heterocycles. The molecule has 54 heavy (non-hydrogen) atoms. The van der Waals surface area contributed by atoms with Gasteiger partial charge in [0.1, 0.15) is 11.2 Å². The van der Waals surface area contributed by atoms with E-state index < -0.39 is 0 Å². The van der Waals surface area contributed by atoms with Crippen molar-refractivity contribution in [3.63, 3.8) is 0 Å². The molecule has 0 aliphatic rings. The lowest BCUT2D eigenvalue weighted by Crippen LogP contribution is -2.00. The predicted octanol–water partition coefficient (Wildman–Crippen LogP) is 13.6. The molecule has 0 saturated carbocycles. The van der Waals surface area contributed by atoms with Gasteiger partial charge < -0.3 is 4.42 Å². The molecule has 0 unspecified atom stereocenters. The first-order valence-electron chi connectivity index (χ1n) is 18.0. The zero-order valence-corrected chi connectivity index (χ0v) is 29.7. The molecule has 0 N–H and O–H groups in total. The number of para-hydroxylation sites is 1. The van der Waals surface area contributed by atoms with Gasteiger partial charge in [0.25, 0.3) is 0 Å². The normalized spacial score (nSPS) is 11.7. The van der Waals surface area contributed by atoms with Crippen LogP contribution >= 0.6 is 11.3 Å². The number of rotatable bonds is 5. The summed E-state index contributed by atoms with van der Waals surface area (Å²) in [6.45, 7) is 0. The minimum absolute atomic E-state index is 0.636. The molecule has 3 heterocycles. The average Bonchev–Trinajstić information content (AvgIpc) is 3.82. The Kier molecular flexibility index (Phi) is 7.00. The standard InChI is InChI=1S/C49H29N3OS/c1-3-13-30(14-4-1)33-18-9-24-40-45-38(22-12-25-42(45)53-46(33)40)35-20-10-21-36-34(35)19-11-23-39(36)49-51-47(31-15-5-2-6-16-31)50-48(52-49)32-27-28-44-41(29-32)37-17-7-8-26-43(37)54-44/h1-29H. The van der Waals surface area contributed by atoms with Crippen LogP contribution in [0.3, 0.4) is 0 Å². The number of benzene rings is 8. The number of fused-ring (bicyclic) bond motifs is 7. The number of hydrogen-bond acceptors (Lipinski definition) is 5. The number of aromatic nitrogens is 3. The number of furan rings is 1. The smallest absolute Gasteiger partial charge is 0.164 e. The minimum atomic E-state index is 0.636. The van der Waals surface area contributed by atoms with Crippen LogP contribution in [-0.4, -0.2) is 15.0 Å². The maximum absolute atomic E-state index is 6.63. The first kappa shape index (κ1) is 30.7. The number of thiophene rings is 1. The Morgan fingerprint density at radius 1 is 0.352 bits per heavy atom. The summed E-state index contributed by atoms with van der Waals surface area (Å²) in [7, 11) is 0. The highest BCUT2D eigenvalue weighted by molar-refractivity contribution is 7.25. The lowest BCUT2D eigenvalue weighted by molar-refractivity contribution is 0.670. The van der Waals surface area contributed by atoms with Crippen LogP contribution in [0.1, 0.15) is 0 Å². The summed E-state index contributed by atoms with van der Waals surface area (Å²) < 4.78 is 9.15. The maximum Gasteiger partial charge on any atom is 0.164 e. The quantitative estimate of drug-likeness (QED) is 0.179. The third-order valence-corrected chi connectivity index (χ3v) is 11.5. The van der Waals surface area contributed by atoms with E-state index in [-0.39, 0.29) is 0 Å². The van der Waals surface area contributed by atoms with E-state index >= 15 is 0 Å². The highest BCUT2D eigenvalue weighted by Gasteiger charge is 2.19. The monoisotopic (exact) mass is 707 g/mol. The summed E-state index contributed by atoms with van der Waals surface area (Å²) in [5, 5.41) is 6.84. The highest BCUT2D eigenvalue weighted by Crippen LogP contribution is 2.43. The molecule has 5 heteroatoms. The van der Waals surface area contributed by atoms with Crippen LogP contribution in [0.4, 0.5) is 0 Å². The molecular formula is C49H29N3OS. The average molecular weight is 708 g/mol. The van der Waals surface area contributed by atoms with Gasteiger partial charge in [0.15, 0.2) is 17.5 Å². The fraction of sp³-hybridized carbons (Fsp3) is 0. The van der Waals surface area contributed by atoms with E-state index in [1.165, 1.54) is 20.2 Å². The van der Waals surface area contributed by atoms with Crippen LogP contribution in [0, 0.1) is 0 Å². The van der Waals surface area contributed by atoms with Crippen molar-refractivity contribution in [1.82, 2.24) is 15.0 Å². The van der Waals surface area contributed by atoms with E-state index in [1.807, 2.05) is 35.6 Å². The Labute approximate surface area is 314 Å². The summed E-state index contributed by atoms with van der Waals surface area (Å²) in [6.07, 6.45) is 0. The third-order valence-electron chi connectivity index (χ3n) is 10.4. The lowest BCUT2D eigenvalue weighted by Gasteiger charge is -2.13. The van der Waals surface area contributed by atoms with E-state index in [4.69, 9.17) is 19.4 Å². The molecule has 0 fully saturated rings. The second-order valence-electron chi connectivity index (χ2n) is 13.5. The van der Waals surface area contributed by atoms with Crippen molar-refractivity contribution in [2.24, 2.45) is 0 Å². The van der Waals surface area contributed by atoms with Crippen LogP contribution in [0.15, 0.2) is 180 Å². The second kappa shape index (κ2) is 12.3. The van der Waals surface area contributed by atoms with Crippen LogP contribution in [0.5, 0.6) is 0 Å². The summed E-state index contributed by atoms with van der Waals surface area (Å²) in [4.78, 5) is 15.4. The fourth-order valence-electron chi connectivity index (χ4n) is 7.86. The van der Waals surface area contributed by atoms with Gasteiger partial charge in [-0.25, -0.2) is 15.0 Å². The highest BCUT2D eigenvalue weighted by atomic mass is 32.1. The Hall–Kier alpha value is -6.95. The second-order valence-corrected chi connectivity index (χ2v) is 14.6. The van der Waals surface area contributed by atoms with Crippen LogP contribution in [0.2, 0.25) is 0 Å². The Bertz CT molecular complexity index is 3220. The van der Waals surface area contributed by atoms with Crippen molar-refractivity contribution in [1.29, 1.82) is 0 Å². The SMILES string of the molecule is c1ccc(-c2nc(-c3ccc4sc5ccccc5c4c3)nc(-c3cccc4c(-c5cccc6oc7c(-c8ccccc8)cccc7c56)cccc34)n2)cc1. The predicted molar refractivity (Wildman–Crippen MR) is 225 cm³/mol. The zero-order chi connectivity index (χ0) is 35.6. The Morgan fingerprint density at radius 2 is 0.926 bits per heavy atom. The van der Waals surface area contributed by atoms with Gasteiger partial charge in [0, 0.05) is 53.2 Å². The molecule has 4 nitrogen and oxygen atoms in total. The molecule has 0 aliphatic carbocycles. The summed E-state index contributed by atoms with van der Waals surface area (Å²) in [5.41, 5.74) is 9.08. The van der Waals surface area contributed by atoms with E-state index in [9.17, 15) is 0 Å². The number of nitrogens with zero attached hydrogens (tertiary/aromatic N) is 3. The molecule has 11 rings (SSSR count). The zero-order valence-electron chi connectivity index (χ0n) is 28.9. The van der Waals surface area contributed by atoms with Crippen molar-refractivity contribution >= 4 is 64.2 Å². The van der Waals surface area contributed by atoms with Crippen molar-refractivity contribution in [3.8, 4) is 56.4 Å². The van der Waals surface area contributed by atoms with E-state index in [0.717, 1.165) is 71.7 Å². The van der Waals surface area contributed by atoms with Crippen molar-refractivity contribution in [2.45, 2.75) is 0 Å². The summed E-state index contributed by atoms with van der Waals surface area (Å²) >= 11 is 1.81. The molecule has 8 aromatic carbocycles. The molecule has 0 spiro atoms. The topological polar surface area (TPSA) is 51.8 Å². The lowest BCUT2D eigenvalue weighted by atomic mass is 9.92. The van der Waals surface area contributed by atoms with Gasteiger partial charge in [0.2, 0.25) is 0 Å². The number of hydrogen-bond donors (Lipinski definition) is 0. The first-order chi connectivity index (χ1) is 26.8. The van der Waals surface area contributed by atoms with Crippen LogP contribution < -0.4 is 0 Å². The Morgan fingerprint density at radius 3 is 1.74 bits per heavy atom. The van der Waals surface area contributed by atoms with Gasteiger partial charge in [0.05, 0.1) is 0 Å². The Balaban J connectivity index is 1.11. The van der Waals surface area contributed by atoms with Gasteiger partial charge in [-0.3, -0.25) is 0 Å². The van der Waals surface area contributed by atoms with Gasteiger partial charge in [-0.15, -0.1) is 11.3 Å². The molecule has 0 bridgehead atoms. The van der Waals surface area contributed by atoms with Gasteiger partial charge in [-0.1, -0.05) is 146 Å². The van der Waals surface area contributed by atoms with Crippen LogP contribution in [0.25, 0.3) is 109 Å². The fourth-order valence-corrected chi connectivity index (χ4v) is 8.95. The van der Waals surface area contributed by atoms with Gasteiger partial charge in [-0.2, -0.15) is 0 Å². The molecule has 0 aliphatic heterocycles. The largest absolute Gasteiger partial charge is 0.455 e. The molecular weight excluding hydrogens is 679 g/mol. The van der Waals surface area contributed by atoms with E-state index in [1.54, 1.807) is 0 Å². The van der Waals surface area contributed by atoms with E-state index in [2.05, 4.69) is 152 Å². The molecule has 0 atom stereocenters. The first-order valence-corrected chi connectivity index (χ1v) is 18.8. The van der Waals surface area contributed by atoms with Crippen molar-refractivity contribution < 1.29 is 4.42 Å². The van der Waals surface area contributed by atoms with Crippen LogP contribution in [-0.2, 0) is 0 Å². The minimum Gasteiger partial charge on any atom is -0.455 e. The van der Waals surface area contributed by atoms with E-state index in [0.29, 0.717) is 17.5 Å². The molecule has 252 valence electrons. The maximum atomic E-state index is 6.63. The van der Waals surface area contributed by atoms with Gasteiger partial charge in [-0.05, 0) is 57.8 Å². The van der Waals surface area contributed by atoms with Gasteiger partial charge >= 0.3 is 0 Å². The van der Waals surface area contributed by atoms with Crippen molar-refractivity contribution in [3.05, 3.63) is 176 Å². The molecule has 0 saturated heterocycles.